The average molecular weight is 944 g/mol. The third-order valence-electron chi connectivity index (χ3n) is 14.9. The van der Waals surface area contributed by atoms with Gasteiger partial charge in [-0.05, 0) is 117 Å². The number of hydrogen-bond donors (Lipinski definition) is 0. The zero-order valence-electron chi connectivity index (χ0n) is 46.7. The highest BCUT2D eigenvalue weighted by Gasteiger charge is 2.35. The first-order valence-corrected chi connectivity index (χ1v) is 30.6. The van der Waals surface area contributed by atoms with Gasteiger partial charge in [-0.25, -0.2) is 4.68 Å². The lowest BCUT2D eigenvalue weighted by Gasteiger charge is -2.13. The largest absolute Gasteiger partial charge is 0.448 e. The van der Waals surface area contributed by atoms with Gasteiger partial charge in [0.1, 0.15) is 5.57 Å². The average Bonchev–Trinajstić information content (AvgIpc) is 3.64. The summed E-state index contributed by atoms with van der Waals surface area (Å²) in [4.78, 5) is 0. The maximum absolute atomic E-state index is 10.2. The summed E-state index contributed by atoms with van der Waals surface area (Å²) in [7, 11) is 0. The number of benzene rings is 2. The highest BCUT2D eigenvalue weighted by atomic mass is 15.3. The van der Waals surface area contributed by atoms with Crippen molar-refractivity contribution in [2.75, 3.05) is 0 Å². The molecule has 0 saturated heterocycles. The number of nitrogens with zero attached hydrogens (tertiary/aromatic N) is 1. The SMILES string of the molecule is CCCCCCCC=C1C(C#CCCCCCCCCCCCCCCCCCCCCCCCCC)=C(c2cc(CCCC)cc(CCCC)c2)[N+]([NH-])=C1c1cc(CCCC)cc(CCCC)c1. The van der Waals surface area contributed by atoms with Gasteiger partial charge in [0.2, 0.25) is 11.4 Å². The second-order valence-corrected chi connectivity index (χ2v) is 21.5. The van der Waals surface area contributed by atoms with Gasteiger partial charge in [0.25, 0.3) is 0 Å². The molecular formula is C67H110N2. The van der Waals surface area contributed by atoms with Crippen LogP contribution in [0.4, 0.5) is 0 Å². The van der Waals surface area contributed by atoms with Crippen LogP contribution in [0.15, 0.2) is 53.6 Å². The van der Waals surface area contributed by atoms with Crippen LogP contribution in [0, 0.1) is 11.8 Å². The third-order valence-corrected chi connectivity index (χ3v) is 14.9. The molecular weight excluding hydrogens is 833 g/mol. The predicted molar refractivity (Wildman–Crippen MR) is 309 cm³/mol. The van der Waals surface area contributed by atoms with E-state index >= 15 is 0 Å². The second kappa shape index (κ2) is 40.5. The zero-order valence-corrected chi connectivity index (χ0v) is 46.7. The first kappa shape index (κ1) is 60.3. The van der Waals surface area contributed by atoms with Crippen LogP contribution in [0.5, 0.6) is 0 Å². The molecule has 2 nitrogen and oxygen atoms in total. The van der Waals surface area contributed by atoms with Crippen molar-refractivity contribution in [2.45, 2.75) is 311 Å². The van der Waals surface area contributed by atoms with Crippen LogP contribution in [0.3, 0.4) is 0 Å². The van der Waals surface area contributed by atoms with Crippen molar-refractivity contribution in [3.63, 3.8) is 0 Å². The van der Waals surface area contributed by atoms with Crippen molar-refractivity contribution in [1.29, 1.82) is 0 Å². The molecule has 0 saturated carbocycles. The van der Waals surface area contributed by atoms with Crippen LogP contribution in [0.1, 0.15) is 319 Å². The number of unbranched alkanes of at least 4 members (excludes halogenated alkanes) is 32. The molecule has 0 aliphatic carbocycles. The minimum Gasteiger partial charge on any atom is -0.448 e. The lowest BCUT2D eigenvalue weighted by molar-refractivity contribution is -0.347. The number of allylic oxidation sites excluding steroid dienone is 3. The van der Waals surface area contributed by atoms with Gasteiger partial charge in [-0.2, -0.15) is 0 Å². The number of aryl methyl sites for hydroxylation is 4. The Morgan fingerprint density at radius 2 is 0.696 bits per heavy atom. The van der Waals surface area contributed by atoms with Crippen LogP contribution in [0.2, 0.25) is 0 Å². The van der Waals surface area contributed by atoms with Gasteiger partial charge in [0.05, 0.1) is 5.57 Å². The van der Waals surface area contributed by atoms with E-state index in [9.17, 15) is 5.84 Å². The maximum Gasteiger partial charge on any atom is 0.225 e. The predicted octanol–water partition coefficient (Wildman–Crippen LogP) is 21.9. The van der Waals surface area contributed by atoms with Crippen molar-refractivity contribution in [3.8, 4) is 11.8 Å². The molecule has 0 bridgehead atoms. The molecule has 1 aliphatic rings. The standard InChI is InChI=1S/C67H110N2/c1-7-13-19-21-23-24-25-26-27-28-29-30-31-32-33-34-35-36-37-38-39-40-41-43-45-51-65-64(50-44-42-22-20-14-8-2)66(62-54-58(46-15-9-3)52-59(55-62)47-16-10-4)69(68)67(65)63-56-60(48-17-11-5)53-61(57-63)49-18-12-6/h50,52-57,68H,7-44,46-49H2,1-6H3. The minimum atomic E-state index is 0.930. The smallest absolute Gasteiger partial charge is 0.225 e. The molecule has 0 fully saturated rings. The van der Waals surface area contributed by atoms with Crippen molar-refractivity contribution in [1.82, 2.24) is 0 Å². The minimum absolute atomic E-state index is 0.930. The van der Waals surface area contributed by atoms with Gasteiger partial charge in [-0.1, -0.05) is 264 Å². The highest BCUT2D eigenvalue weighted by molar-refractivity contribution is 6.17. The van der Waals surface area contributed by atoms with E-state index in [0.29, 0.717) is 0 Å². The Bertz CT molecular complexity index is 1720. The fourth-order valence-electron chi connectivity index (χ4n) is 10.5. The molecule has 2 aromatic carbocycles. The van der Waals surface area contributed by atoms with Crippen molar-refractivity contribution in [2.24, 2.45) is 0 Å². The molecule has 3 rings (SSSR count). The molecule has 388 valence electrons. The van der Waals surface area contributed by atoms with Gasteiger partial charge in [0.15, 0.2) is 0 Å². The topological polar surface area (TPSA) is 26.8 Å². The van der Waals surface area contributed by atoms with Crippen LogP contribution in [-0.4, -0.2) is 10.4 Å². The van der Waals surface area contributed by atoms with E-state index in [1.807, 2.05) is 4.68 Å². The van der Waals surface area contributed by atoms with Crippen LogP contribution >= 0.6 is 0 Å². The molecule has 0 aromatic heterocycles. The zero-order chi connectivity index (χ0) is 49.4. The molecule has 1 heterocycles. The molecule has 2 heteroatoms. The van der Waals surface area contributed by atoms with E-state index in [1.165, 1.54) is 270 Å². The third kappa shape index (κ3) is 25.8. The van der Waals surface area contributed by atoms with Gasteiger partial charge < -0.3 is 5.84 Å². The first-order chi connectivity index (χ1) is 34.0. The summed E-state index contributed by atoms with van der Waals surface area (Å²) in [5.74, 6) is 17.7. The molecule has 69 heavy (non-hydrogen) atoms. The molecule has 0 atom stereocenters. The fraction of sp³-hybridized carbons (Fsp3) is 0.716. The Morgan fingerprint density at radius 1 is 0.377 bits per heavy atom. The normalized spacial score (nSPS) is 13.3. The van der Waals surface area contributed by atoms with Crippen molar-refractivity contribution < 1.29 is 4.68 Å². The van der Waals surface area contributed by atoms with Gasteiger partial charge in [0, 0.05) is 17.5 Å². The second-order valence-electron chi connectivity index (χ2n) is 21.5. The molecule has 0 radical (unpaired) electrons. The molecule has 1 aliphatic heterocycles. The molecule has 1 N–H and O–H groups in total. The monoisotopic (exact) mass is 943 g/mol. The van der Waals surface area contributed by atoms with Crippen LogP contribution in [0.25, 0.3) is 11.5 Å². The van der Waals surface area contributed by atoms with E-state index in [-0.39, 0.29) is 0 Å². The van der Waals surface area contributed by atoms with E-state index in [0.717, 1.165) is 55.5 Å². The van der Waals surface area contributed by atoms with Crippen LogP contribution in [-0.2, 0) is 25.7 Å². The molecule has 2 aromatic rings. The Labute approximate surface area is 430 Å². The Balaban J connectivity index is 1.68. The summed E-state index contributed by atoms with van der Waals surface area (Å²) >= 11 is 0. The van der Waals surface area contributed by atoms with E-state index in [4.69, 9.17) is 0 Å². The van der Waals surface area contributed by atoms with Crippen molar-refractivity contribution >= 4 is 11.4 Å². The maximum atomic E-state index is 10.2. The highest BCUT2D eigenvalue weighted by Crippen LogP contribution is 2.37. The van der Waals surface area contributed by atoms with Gasteiger partial charge in [-0.15, -0.1) is 0 Å². The number of nitrogens with one attached hydrogen (secondary N) is 1. The summed E-state index contributed by atoms with van der Waals surface area (Å²) in [6, 6.07) is 14.6. The summed E-state index contributed by atoms with van der Waals surface area (Å²) < 4.78 is 1.83. The molecule has 0 spiro atoms. The van der Waals surface area contributed by atoms with Crippen molar-refractivity contribution in [3.05, 3.63) is 92.8 Å². The van der Waals surface area contributed by atoms with Gasteiger partial charge >= 0.3 is 0 Å². The summed E-state index contributed by atoms with van der Waals surface area (Å²) in [6.07, 6.45) is 57.3. The number of hydrogen-bond acceptors (Lipinski definition) is 0. The Morgan fingerprint density at radius 3 is 1.06 bits per heavy atom. The Kier molecular flexibility index (Phi) is 35.4. The van der Waals surface area contributed by atoms with E-state index < -0.39 is 0 Å². The van der Waals surface area contributed by atoms with E-state index in [2.05, 4.69) is 95.9 Å². The number of rotatable bonds is 43. The first-order valence-electron chi connectivity index (χ1n) is 30.6. The van der Waals surface area contributed by atoms with Gasteiger partial charge in [-0.3, -0.25) is 0 Å². The summed E-state index contributed by atoms with van der Waals surface area (Å²) in [6.45, 7) is 13.8. The van der Waals surface area contributed by atoms with Crippen LogP contribution < -0.4 is 0 Å². The fourth-order valence-corrected chi connectivity index (χ4v) is 10.5. The molecule has 0 amide bonds. The summed E-state index contributed by atoms with van der Waals surface area (Å²) in [5, 5.41) is 0. The Hall–Kier alpha value is -3.05. The molecule has 0 unspecified atom stereocenters. The lowest BCUT2D eigenvalue weighted by Crippen LogP contribution is -2.13. The summed E-state index contributed by atoms with van der Waals surface area (Å²) in [5.41, 5.74) is 12.4. The van der Waals surface area contributed by atoms with E-state index in [1.54, 1.807) is 0 Å². The lowest BCUT2D eigenvalue weighted by atomic mass is 9.90. The quantitative estimate of drug-likeness (QED) is 0.0360.